The maximum Gasteiger partial charge on any atom is 0.309 e. The van der Waals surface area contributed by atoms with Crippen LogP contribution in [0.3, 0.4) is 0 Å². The fourth-order valence-corrected chi connectivity index (χ4v) is 2.60. The lowest BCUT2D eigenvalue weighted by atomic mass is 10.1. The molecule has 0 saturated carbocycles. The summed E-state index contributed by atoms with van der Waals surface area (Å²) >= 11 is 0. The van der Waals surface area contributed by atoms with Gasteiger partial charge < -0.3 is 9.47 Å². The summed E-state index contributed by atoms with van der Waals surface area (Å²) in [5.74, 6) is 0.403. The summed E-state index contributed by atoms with van der Waals surface area (Å²) in [6.45, 7) is 3.90. The molecule has 1 rings (SSSR count). The van der Waals surface area contributed by atoms with E-state index in [1.54, 1.807) is 19.1 Å². The Bertz CT molecular complexity index is 608. The van der Waals surface area contributed by atoms with Crippen LogP contribution in [0.15, 0.2) is 18.2 Å². The van der Waals surface area contributed by atoms with Gasteiger partial charge in [0.1, 0.15) is 5.75 Å². The van der Waals surface area contributed by atoms with Gasteiger partial charge >= 0.3 is 5.97 Å². The van der Waals surface area contributed by atoms with Crippen LogP contribution in [0.2, 0.25) is 0 Å². The first kappa shape index (κ1) is 18.4. The van der Waals surface area contributed by atoms with E-state index in [1.165, 1.54) is 7.11 Å². The van der Waals surface area contributed by atoms with Crippen molar-refractivity contribution in [3.05, 3.63) is 29.3 Å². The summed E-state index contributed by atoms with van der Waals surface area (Å²) in [7, 11) is -2.09. The van der Waals surface area contributed by atoms with Crippen LogP contribution >= 0.6 is 0 Å². The number of methoxy groups -OCH3 is 1. The molecule has 0 aliphatic rings. The second kappa shape index (κ2) is 8.14. The average Bonchev–Trinajstić information content (AvgIpc) is 2.39. The van der Waals surface area contributed by atoms with Gasteiger partial charge in [-0.3, -0.25) is 8.98 Å². The van der Waals surface area contributed by atoms with Gasteiger partial charge in [0.2, 0.25) is 0 Å². The number of benzene rings is 1. The first-order chi connectivity index (χ1) is 10.2. The van der Waals surface area contributed by atoms with Crippen molar-refractivity contribution >= 4 is 16.1 Å². The van der Waals surface area contributed by atoms with E-state index in [0.29, 0.717) is 18.8 Å². The normalized spacial score (nSPS) is 12.7. The van der Waals surface area contributed by atoms with Crippen molar-refractivity contribution in [2.24, 2.45) is 0 Å². The molecule has 22 heavy (non-hydrogen) atoms. The van der Waals surface area contributed by atoms with Crippen LogP contribution in [0.1, 0.15) is 24.5 Å². The first-order valence-corrected chi connectivity index (χ1v) is 8.70. The maximum absolute atomic E-state index is 11.2. The van der Waals surface area contributed by atoms with Gasteiger partial charge in [0.05, 0.1) is 32.5 Å². The summed E-state index contributed by atoms with van der Waals surface area (Å²) in [5.41, 5.74) is 1.75. The number of esters is 1. The molecule has 0 aliphatic carbocycles. The number of hydrogen-bond acceptors (Lipinski definition) is 6. The Kier molecular flexibility index (Phi) is 6.83. The van der Waals surface area contributed by atoms with E-state index >= 15 is 0 Å². The standard InChI is InChI=1S/C15H22O6S/c1-11-9-13(10-15(16)19-3)5-6-14(11)20-8-7-12(2)21-22(4,17)18/h5-6,9,12H,7-8,10H2,1-4H3/t12-/m1/s1. The predicted octanol–water partition coefficient (Wildman–Crippen LogP) is 1.84. The number of carbonyl (C=O) groups excluding carboxylic acids is 1. The van der Waals surface area contributed by atoms with Gasteiger partial charge in [-0.15, -0.1) is 0 Å². The van der Waals surface area contributed by atoms with Crippen molar-refractivity contribution in [2.45, 2.75) is 32.8 Å². The van der Waals surface area contributed by atoms with Crippen molar-refractivity contribution in [2.75, 3.05) is 20.0 Å². The fourth-order valence-electron chi connectivity index (χ4n) is 1.90. The highest BCUT2D eigenvalue weighted by Crippen LogP contribution is 2.20. The molecule has 0 amide bonds. The van der Waals surface area contributed by atoms with Gasteiger partial charge in [0.15, 0.2) is 0 Å². The van der Waals surface area contributed by atoms with Crippen molar-refractivity contribution in [3.63, 3.8) is 0 Å². The third-order valence-electron chi connectivity index (χ3n) is 2.94. The Morgan fingerprint density at radius 3 is 2.55 bits per heavy atom. The Hall–Kier alpha value is -1.60. The fraction of sp³-hybridized carbons (Fsp3) is 0.533. The maximum atomic E-state index is 11.2. The SMILES string of the molecule is COC(=O)Cc1ccc(OCC[C@@H](C)OS(C)(=O)=O)c(C)c1. The minimum atomic E-state index is -3.45. The molecule has 1 aromatic rings. The van der Waals surface area contributed by atoms with Crippen molar-refractivity contribution in [3.8, 4) is 5.75 Å². The van der Waals surface area contributed by atoms with Crippen LogP contribution in [0.4, 0.5) is 0 Å². The molecule has 0 spiro atoms. The molecular weight excluding hydrogens is 308 g/mol. The highest BCUT2D eigenvalue weighted by molar-refractivity contribution is 7.86. The third-order valence-corrected chi connectivity index (χ3v) is 3.61. The minimum Gasteiger partial charge on any atom is -0.493 e. The monoisotopic (exact) mass is 330 g/mol. The highest BCUT2D eigenvalue weighted by atomic mass is 32.2. The van der Waals surface area contributed by atoms with Crippen LogP contribution in [0.5, 0.6) is 5.75 Å². The van der Waals surface area contributed by atoms with Crippen molar-refractivity contribution in [1.82, 2.24) is 0 Å². The van der Waals surface area contributed by atoms with E-state index in [2.05, 4.69) is 4.74 Å². The first-order valence-electron chi connectivity index (χ1n) is 6.88. The Balaban J connectivity index is 2.51. The zero-order valence-electron chi connectivity index (χ0n) is 13.3. The largest absolute Gasteiger partial charge is 0.493 e. The zero-order valence-corrected chi connectivity index (χ0v) is 14.1. The second-order valence-corrected chi connectivity index (χ2v) is 6.70. The number of aryl methyl sites for hydroxylation is 1. The lowest BCUT2D eigenvalue weighted by Crippen LogP contribution is -2.17. The zero-order chi connectivity index (χ0) is 16.8. The van der Waals surface area contributed by atoms with Gasteiger partial charge in [-0.05, 0) is 31.0 Å². The molecule has 0 N–H and O–H groups in total. The van der Waals surface area contributed by atoms with Crippen LogP contribution in [0, 0.1) is 6.92 Å². The molecule has 0 bridgehead atoms. The summed E-state index contributed by atoms with van der Waals surface area (Å²) in [4.78, 5) is 11.2. The summed E-state index contributed by atoms with van der Waals surface area (Å²) in [6, 6.07) is 5.45. The van der Waals surface area contributed by atoms with Gasteiger partial charge in [-0.2, -0.15) is 8.42 Å². The molecule has 6 nitrogen and oxygen atoms in total. The molecule has 0 saturated heterocycles. The Morgan fingerprint density at radius 2 is 2.00 bits per heavy atom. The van der Waals surface area contributed by atoms with Crippen molar-refractivity contribution < 1.29 is 26.9 Å². The van der Waals surface area contributed by atoms with E-state index in [-0.39, 0.29) is 12.4 Å². The second-order valence-electron chi connectivity index (χ2n) is 5.10. The van der Waals surface area contributed by atoms with E-state index in [1.807, 2.05) is 13.0 Å². The predicted molar refractivity (Wildman–Crippen MR) is 82.4 cm³/mol. The van der Waals surface area contributed by atoms with Crippen LogP contribution in [-0.2, 0) is 30.3 Å². The van der Waals surface area contributed by atoms with Gasteiger partial charge in [-0.25, -0.2) is 0 Å². The smallest absolute Gasteiger partial charge is 0.309 e. The molecule has 124 valence electrons. The average molecular weight is 330 g/mol. The number of ether oxygens (including phenoxy) is 2. The van der Waals surface area contributed by atoms with E-state index in [4.69, 9.17) is 8.92 Å². The number of hydrogen-bond donors (Lipinski definition) is 0. The molecule has 0 radical (unpaired) electrons. The van der Waals surface area contributed by atoms with Crippen LogP contribution in [0.25, 0.3) is 0 Å². The highest BCUT2D eigenvalue weighted by Gasteiger charge is 2.11. The molecule has 1 aromatic carbocycles. The molecule has 0 heterocycles. The molecule has 1 atom stereocenters. The molecule has 0 unspecified atom stereocenters. The Labute approximate surface area is 131 Å². The number of carbonyl (C=O) groups is 1. The van der Waals surface area contributed by atoms with Gasteiger partial charge in [0.25, 0.3) is 10.1 Å². The quantitative estimate of drug-likeness (QED) is 0.534. The van der Waals surface area contributed by atoms with Crippen LogP contribution in [-0.4, -0.2) is 40.5 Å². The summed E-state index contributed by atoms with van der Waals surface area (Å²) in [6.07, 6.45) is 1.26. The van der Waals surface area contributed by atoms with Crippen LogP contribution < -0.4 is 4.74 Å². The molecule has 0 aliphatic heterocycles. The molecule has 7 heteroatoms. The van der Waals surface area contributed by atoms with E-state index in [0.717, 1.165) is 17.4 Å². The Morgan fingerprint density at radius 1 is 1.32 bits per heavy atom. The van der Waals surface area contributed by atoms with E-state index < -0.39 is 16.2 Å². The summed E-state index contributed by atoms with van der Waals surface area (Å²) < 4.78 is 37.0. The number of rotatable bonds is 8. The molecular formula is C15H22O6S. The minimum absolute atomic E-state index is 0.219. The lowest BCUT2D eigenvalue weighted by molar-refractivity contribution is -0.139. The van der Waals surface area contributed by atoms with Gasteiger partial charge in [-0.1, -0.05) is 12.1 Å². The third kappa shape index (κ3) is 6.91. The lowest BCUT2D eigenvalue weighted by Gasteiger charge is -2.13. The van der Waals surface area contributed by atoms with Crippen molar-refractivity contribution in [1.29, 1.82) is 0 Å². The topological polar surface area (TPSA) is 78.9 Å². The van der Waals surface area contributed by atoms with E-state index in [9.17, 15) is 13.2 Å². The van der Waals surface area contributed by atoms with Gasteiger partial charge in [0, 0.05) is 6.42 Å². The summed E-state index contributed by atoms with van der Waals surface area (Å²) in [5, 5.41) is 0. The molecule has 0 fully saturated rings. The molecule has 0 aromatic heterocycles.